The van der Waals surface area contributed by atoms with E-state index in [1.165, 1.54) is 0 Å². The van der Waals surface area contributed by atoms with E-state index in [4.69, 9.17) is 15.4 Å². The summed E-state index contributed by atoms with van der Waals surface area (Å²) in [5.41, 5.74) is 7.62. The number of carboxylic acids is 1. The first-order chi connectivity index (χ1) is 4.79. The fourth-order valence-electron chi connectivity index (χ4n) is 0.134. The number of hydrogen-bond acceptors (Lipinski definition) is 2. The Morgan fingerprint density at radius 1 is 1.55 bits per heavy atom. The Bertz CT molecular complexity index is 161. The number of hydrogen-bond donors (Lipinski definition) is 1. The summed E-state index contributed by atoms with van der Waals surface area (Å²) in [4.78, 5) is 11.6. The van der Waals surface area contributed by atoms with E-state index in [1.807, 2.05) is 20.8 Å². The minimum absolute atomic E-state index is 0.241. The predicted molar refractivity (Wildman–Crippen MR) is 42.2 cm³/mol. The van der Waals surface area contributed by atoms with E-state index in [1.54, 1.807) is 0 Å². The third-order valence-corrected chi connectivity index (χ3v) is 0.345. The molecule has 0 aromatic heterocycles. The quantitative estimate of drug-likeness (QED) is 0.333. The highest BCUT2D eigenvalue weighted by molar-refractivity contribution is 5.62. The predicted octanol–water partition coefficient (Wildman–Crippen LogP) is 2.19. The van der Waals surface area contributed by atoms with Crippen LogP contribution < -0.4 is 0 Å². The highest BCUT2D eigenvalue weighted by Crippen LogP contribution is 2.04. The monoisotopic (exact) mass is 159 g/mol. The molecule has 5 nitrogen and oxygen atoms in total. The maximum Gasteiger partial charge on any atom is 0.300 e. The second kappa shape index (κ2) is 5.56. The van der Waals surface area contributed by atoms with Crippen LogP contribution >= 0.6 is 0 Å². The summed E-state index contributed by atoms with van der Waals surface area (Å²) in [6.45, 7) is 6.64. The molecule has 0 rings (SSSR count). The van der Waals surface area contributed by atoms with Gasteiger partial charge in [-0.2, -0.15) is 0 Å². The smallest absolute Gasteiger partial charge is 0.300 e. The highest BCUT2D eigenvalue weighted by atomic mass is 16.4. The van der Waals surface area contributed by atoms with Crippen LogP contribution in [-0.2, 0) is 4.79 Å². The van der Waals surface area contributed by atoms with Crippen molar-refractivity contribution in [3.8, 4) is 0 Å². The molecule has 0 heterocycles. The second-order valence-electron chi connectivity index (χ2n) is 2.88. The molecule has 0 atom stereocenters. The largest absolute Gasteiger partial charge is 0.481 e. The third kappa shape index (κ3) is 52.2. The Morgan fingerprint density at radius 2 is 1.82 bits per heavy atom. The van der Waals surface area contributed by atoms with Gasteiger partial charge >= 0.3 is 0 Å². The van der Waals surface area contributed by atoms with E-state index in [-0.39, 0.29) is 5.54 Å². The fourth-order valence-corrected chi connectivity index (χ4v) is 0.134. The lowest BCUT2D eigenvalue weighted by atomic mass is 10.1. The minimum atomic E-state index is -0.833. The normalized spacial score (nSPS) is 8.73. The van der Waals surface area contributed by atoms with Gasteiger partial charge in [0.05, 0.1) is 0 Å². The molecule has 11 heavy (non-hydrogen) atoms. The van der Waals surface area contributed by atoms with Crippen molar-refractivity contribution >= 4 is 5.97 Å². The minimum Gasteiger partial charge on any atom is -0.481 e. The van der Waals surface area contributed by atoms with E-state index in [2.05, 4.69) is 10.0 Å². The molecule has 5 heteroatoms. The van der Waals surface area contributed by atoms with Crippen LogP contribution in [0.2, 0.25) is 0 Å². The van der Waals surface area contributed by atoms with Gasteiger partial charge in [-0.3, -0.25) is 4.79 Å². The number of aliphatic carboxylic acids is 1. The number of rotatable bonds is 0. The lowest BCUT2D eigenvalue weighted by Crippen LogP contribution is -2.06. The topological polar surface area (TPSA) is 86.1 Å². The molecule has 0 spiro atoms. The molecular weight excluding hydrogens is 146 g/mol. The SMILES string of the molecule is CC(=O)O.CC(C)(C)N=[N+]=[N-]. The average molecular weight is 159 g/mol. The van der Waals surface area contributed by atoms with E-state index in [0.717, 1.165) is 6.92 Å². The summed E-state index contributed by atoms with van der Waals surface area (Å²) < 4.78 is 0. The van der Waals surface area contributed by atoms with Crippen LogP contribution in [0.15, 0.2) is 5.11 Å². The molecule has 0 aliphatic heterocycles. The van der Waals surface area contributed by atoms with Gasteiger partial charge in [0.2, 0.25) is 0 Å². The Labute approximate surface area is 65.7 Å². The molecule has 0 aromatic rings. The molecule has 0 saturated carbocycles. The maximum atomic E-state index is 9.00. The fraction of sp³-hybridized carbons (Fsp3) is 0.833. The molecule has 0 unspecified atom stereocenters. The zero-order valence-corrected chi connectivity index (χ0v) is 7.20. The van der Waals surface area contributed by atoms with Gasteiger partial charge in [0.15, 0.2) is 0 Å². The Balaban J connectivity index is 0. The lowest BCUT2D eigenvalue weighted by molar-refractivity contribution is -0.134. The summed E-state index contributed by atoms with van der Waals surface area (Å²) in [6.07, 6.45) is 0. The molecule has 0 aliphatic carbocycles. The van der Waals surface area contributed by atoms with Crippen molar-refractivity contribution in [2.45, 2.75) is 33.2 Å². The number of azide groups is 1. The Hall–Kier alpha value is -1.22. The highest BCUT2D eigenvalue weighted by Gasteiger charge is 2.03. The molecule has 0 aromatic carbocycles. The lowest BCUT2D eigenvalue weighted by Gasteiger charge is -2.05. The van der Waals surface area contributed by atoms with Crippen LogP contribution in [0.1, 0.15) is 27.7 Å². The second-order valence-corrected chi connectivity index (χ2v) is 2.88. The van der Waals surface area contributed by atoms with Crippen LogP contribution in [0.25, 0.3) is 10.4 Å². The van der Waals surface area contributed by atoms with Gasteiger partial charge in [0, 0.05) is 17.4 Å². The van der Waals surface area contributed by atoms with Gasteiger partial charge in [-0.25, -0.2) is 0 Å². The summed E-state index contributed by atoms with van der Waals surface area (Å²) in [5.74, 6) is -0.833. The number of nitrogens with zero attached hydrogens (tertiary/aromatic N) is 3. The van der Waals surface area contributed by atoms with Gasteiger partial charge in [0.25, 0.3) is 5.97 Å². The van der Waals surface area contributed by atoms with Gasteiger partial charge in [0.1, 0.15) is 0 Å². The number of carbonyl (C=O) groups is 1. The maximum absolute atomic E-state index is 9.00. The van der Waals surface area contributed by atoms with Crippen LogP contribution in [0.5, 0.6) is 0 Å². The summed E-state index contributed by atoms with van der Waals surface area (Å²) >= 11 is 0. The number of carboxylic acid groups (broad SMARTS) is 1. The van der Waals surface area contributed by atoms with Crippen LogP contribution in [-0.4, -0.2) is 16.6 Å². The van der Waals surface area contributed by atoms with Crippen molar-refractivity contribution in [1.29, 1.82) is 0 Å². The van der Waals surface area contributed by atoms with E-state index in [9.17, 15) is 0 Å². The van der Waals surface area contributed by atoms with E-state index < -0.39 is 5.97 Å². The van der Waals surface area contributed by atoms with Gasteiger partial charge in [-0.05, 0) is 5.53 Å². The molecule has 0 radical (unpaired) electrons. The first-order valence-electron chi connectivity index (χ1n) is 3.05. The van der Waals surface area contributed by atoms with Crippen molar-refractivity contribution in [2.24, 2.45) is 5.11 Å². The van der Waals surface area contributed by atoms with Crippen LogP contribution in [0.3, 0.4) is 0 Å². The summed E-state index contributed by atoms with van der Waals surface area (Å²) in [5, 5.41) is 10.9. The van der Waals surface area contributed by atoms with Crippen molar-refractivity contribution < 1.29 is 9.90 Å². The first kappa shape index (κ1) is 12.5. The van der Waals surface area contributed by atoms with Crippen molar-refractivity contribution in [3.63, 3.8) is 0 Å². The summed E-state index contributed by atoms with van der Waals surface area (Å²) in [6, 6.07) is 0. The zero-order chi connectivity index (χ0) is 9.49. The standard InChI is InChI=1S/C4H9N3.C2H4O2/c1-4(2,3)6-7-5;1-2(3)4/h1-3H3;1H3,(H,3,4). The van der Waals surface area contributed by atoms with Crippen molar-refractivity contribution in [3.05, 3.63) is 10.4 Å². The van der Waals surface area contributed by atoms with E-state index >= 15 is 0 Å². The molecular formula is C6H13N3O2. The zero-order valence-electron chi connectivity index (χ0n) is 7.20. The van der Waals surface area contributed by atoms with Crippen molar-refractivity contribution in [2.75, 3.05) is 0 Å². The van der Waals surface area contributed by atoms with Crippen molar-refractivity contribution in [1.82, 2.24) is 0 Å². The van der Waals surface area contributed by atoms with Gasteiger partial charge in [-0.1, -0.05) is 25.9 Å². The molecule has 0 saturated heterocycles. The van der Waals surface area contributed by atoms with E-state index in [0.29, 0.717) is 0 Å². The van der Waals surface area contributed by atoms with Gasteiger partial charge < -0.3 is 5.11 Å². The molecule has 0 amide bonds. The molecule has 1 N–H and O–H groups in total. The molecule has 64 valence electrons. The average Bonchev–Trinajstić information content (AvgIpc) is 1.58. The van der Waals surface area contributed by atoms with Crippen LogP contribution in [0.4, 0.5) is 0 Å². The molecule has 0 aliphatic rings. The van der Waals surface area contributed by atoms with Gasteiger partial charge in [-0.15, -0.1) is 0 Å². The Morgan fingerprint density at radius 3 is 1.82 bits per heavy atom. The third-order valence-electron chi connectivity index (χ3n) is 0.345. The first-order valence-corrected chi connectivity index (χ1v) is 3.05. The molecule has 0 fully saturated rings. The molecule has 0 bridgehead atoms. The summed E-state index contributed by atoms with van der Waals surface area (Å²) in [7, 11) is 0. The Kier molecular flexibility index (Phi) is 6.29. The van der Waals surface area contributed by atoms with Crippen LogP contribution in [0, 0.1) is 0 Å².